The van der Waals surface area contributed by atoms with E-state index in [1.54, 1.807) is 10.9 Å². The number of rotatable bonds is 4. The minimum atomic E-state index is -0.285. The van der Waals surface area contributed by atoms with Crippen LogP contribution in [-0.4, -0.2) is 32.2 Å². The third kappa shape index (κ3) is 3.04. The molecule has 7 heteroatoms. The van der Waals surface area contributed by atoms with Crippen molar-refractivity contribution in [1.29, 1.82) is 0 Å². The van der Waals surface area contributed by atoms with E-state index in [1.165, 1.54) is 12.4 Å². The highest BCUT2D eigenvalue weighted by molar-refractivity contribution is 6.29. The third-order valence-corrected chi connectivity index (χ3v) is 2.61. The number of hydrogen-bond acceptors (Lipinski definition) is 4. The number of amides is 1. The maximum atomic E-state index is 11.7. The van der Waals surface area contributed by atoms with Gasteiger partial charge < -0.3 is 5.32 Å². The molecule has 2 heterocycles. The van der Waals surface area contributed by atoms with Gasteiger partial charge in [0.25, 0.3) is 5.91 Å². The third-order valence-electron chi connectivity index (χ3n) is 2.43. The highest BCUT2D eigenvalue weighted by Gasteiger charge is 2.08. The highest BCUT2D eigenvalue weighted by Crippen LogP contribution is 2.02. The van der Waals surface area contributed by atoms with Crippen LogP contribution in [0.1, 0.15) is 16.2 Å². The van der Waals surface area contributed by atoms with E-state index in [-0.39, 0.29) is 16.8 Å². The Morgan fingerprint density at radius 2 is 2.33 bits per heavy atom. The number of nitrogens with zero attached hydrogens (tertiary/aromatic N) is 4. The summed E-state index contributed by atoms with van der Waals surface area (Å²) in [6.45, 7) is 0.507. The van der Waals surface area contributed by atoms with Crippen molar-refractivity contribution in [3.63, 3.8) is 0 Å². The fourth-order valence-corrected chi connectivity index (χ4v) is 1.64. The van der Waals surface area contributed by atoms with Gasteiger partial charge in [0.05, 0.1) is 12.4 Å². The first-order chi connectivity index (χ1) is 8.66. The second-order valence-corrected chi connectivity index (χ2v) is 4.07. The summed E-state index contributed by atoms with van der Waals surface area (Å²) in [6.07, 6.45) is 5.19. The Morgan fingerprint density at radius 1 is 1.50 bits per heavy atom. The van der Waals surface area contributed by atoms with Gasteiger partial charge in [-0.3, -0.25) is 14.5 Å². The van der Waals surface area contributed by atoms with Crippen LogP contribution in [0, 0.1) is 0 Å². The lowest BCUT2D eigenvalue weighted by atomic mass is 10.3. The van der Waals surface area contributed by atoms with Crippen molar-refractivity contribution in [3.05, 3.63) is 41.2 Å². The molecular weight excluding hydrogens is 254 g/mol. The molecule has 0 aliphatic rings. The first-order valence-electron chi connectivity index (χ1n) is 5.39. The lowest BCUT2D eigenvalue weighted by Crippen LogP contribution is -2.27. The molecule has 2 rings (SSSR count). The molecule has 1 N–H and O–H groups in total. The van der Waals surface area contributed by atoms with Crippen molar-refractivity contribution in [1.82, 2.24) is 25.1 Å². The van der Waals surface area contributed by atoms with Gasteiger partial charge in [-0.15, -0.1) is 0 Å². The zero-order chi connectivity index (χ0) is 13.0. The lowest BCUT2D eigenvalue weighted by molar-refractivity contribution is 0.0948. The number of nitrogens with one attached hydrogen (secondary N) is 1. The predicted octanol–water partition coefficient (Wildman–Crippen LogP) is 0.836. The van der Waals surface area contributed by atoms with Gasteiger partial charge in [0.15, 0.2) is 0 Å². The Labute approximate surface area is 109 Å². The van der Waals surface area contributed by atoms with E-state index in [0.717, 1.165) is 5.69 Å². The van der Waals surface area contributed by atoms with Gasteiger partial charge in [0, 0.05) is 31.9 Å². The molecule has 0 fully saturated rings. The van der Waals surface area contributed by atoms with Crippen LogP contribution >= 0.6 is 11.6 Å². The monoisotopic (exact) mass is 265 g/mol. The molecule has 2 aromatic heterocycles. The van der Waals surface area contributed by atoms with Gasteiger partial charge in [-0.1, -0.05) is 11.6 Å². The molecular formula is C11H12ClN5O. The van der Waals surface area contributed by atoms with Crippen LogP contribution in [0.2, 0.25) is 5.15 Å². The van der Waals surface area contributed by atoms with E-state index in [1.807, 2.05) is 13.1 Å². The Hall–Kier alpha value is -1.95. The topological polar surface area (TPSA) is 72.7 Å². The average molecular weight is 266 g/mol. The number of halogens is 1. The zero-order valence-corrected chi connectivity index (χ0v) is 10.6. The van der Waals surface area contributed by atoms with Crippen LogP contribution in [0.5, 0.6) is 0 Å². The van der Waals surface area contributed by atoms with Gasteiger partial charge in [-0.05, 0) is 6.07 Å². The molecule has 0 aromatic carbocycles. The summed E-state index contributed by atoms with van der Waals surface area (Å²) >= 11 is 5.66. The van der Waals surface area contributed by atoms with E-state index in [4.69, 9.17) is 11.6 Å². The van der Waals surface area contributed by atoms with Crippen LogP contribution in [0.15, 0.2) is 24.7 Å². The van der Waals surface area contributed by atoms with E-state index in [2.05, 4.69) is 20.4 Å². The minimum Gasteiger partial charge on any atom is -0.350 e. The Morgan fingerprint density at radius 3 is 3.00 bits per heavy atom. The Bertz CT molecular complexity index is 554. The summed E-state index contributed by atoms with van der Waals surface area (Å²) in [5, 5.41) is 7.00. The molecule has 0 aliphatic carbocycles. The van der Waals surface area contributed by atoms with Crippen molar-refractivity contribution in [3.8, 4) is 0 Å². The normalized spacial score (nSPS) is 10.3. The molecule has 0 radical (unpaired) electrons. The average Bonchev–Trinajstić information content (AvgIpc) is 2.75. The molecule has 18 heavy (non-hydrogen) atoms. The quantitative estimate of drug-likeness (QED) is 0.889. The van der Waals surface area contributed by atoms with E-state index in [9.17, 15) is 4.79 Å². The molecule has 6 nitrogen and oxygen atoms in total. The van der Waals surface area contributed by atoms with Crippen molar-refractivity contribution in [2.75, 3.05) is 6.54 Å². The van der Waals surface area contributed by atoms with Crippen LogP contribution in [0.3, 0.4) is 0 Å². The molecule has 0 atom stereocenters. The summed E-state index contributed by atoms with van der Waals surface area (Å²) in [7, 11) is 1.86. The van der Waals surface area contributed by atoms with Gasteiger partial charge in [-0.25, -0.2) is 4.98 Å². The smallest absolute Gasteiger partial charge is 0.271 e. The van der Waals surface area contributed by atoms with Crippen LogP contribution in [0.25, 0.3) is 0 Å². The highest BCUT2D eigenvalue weighted by atomic mass is 35.5. The van der Waals surface area contributed by atoms with Gasteiger partial charge in [0.1, 0.15) is 10.8 Å². The SMILES string of the molecule is Cn1nccc1CCNC(=O)c1cncc(Cl)n1. The minimum absolute atomic E-state index is 0.203. The maximum absolute atomic E-state index is 11.7. The van der Waals surface area contributed by atoms with Gasteiger partial charge in [-0.2, -0.15) is 5.10 Å². The van der Waals surface area contributed by atoms with Gasteiger partial charge >= 0.3 is 0 Å². The maximum Gasteiger partial charge on any atom is 0.271 e. The fourth-order valence-electron chi connectivity index (χ4n) is 1.49. The lowest BCUT2D eigenvalue weighted by Gasteiger charge is -2.05. The van der Waals surface area contributed by atoms with E-state index in [0.29, 0.717) is 13.0 Å². The largest absolute Gasteiger partial charge is 0.350 e. The zero-order valence-electron chi connectivity index (χ0n) is 9.80. The fraction of sp³-hybridized carbons (Fsp3) is 0.273. The van der Waals surface area contributed by atoms with E-state index >= 15 is 0 Å². The standard InChI is InChI=1S/C11H12ClN5O/c1-17-8(3-5-15-17)2-4-14-11(18)9-6-13-7-10(12)16-9/h3,5-7H,2,4H2,1H3,(H,14,18). The molecule has 0 saturated heterocycles. The van der Waals surface area contributed by atoms with Crippen LogP contribution in [0.4, 0.5) is 0 Å². The molecule has 0 unspecified atom stereocenters. The molecule has 2 aromatic rings. The number of hydrogen-bond donors (Lipinski definition) is 1. The summed E-state index contributed by atoms with van der Waals surface area (Å²) in [6, 6.07) is 1.91. The second-order valence-electron chi connectivity index (χ2n) is 3.68. The molecule has 0 aliphatic heterocycles. The summed E-state index contributed by atoms with van der Waals surface area (Å²) in [4.78, 5) is 19.4. The molecule has 94 valence electrons. The van der Waals surface area contributed by atoms with Crippen molar-refractivity contribution in [2.45, 2.75) is 6.42 Å². The van der Waals surface area contributed by atoms with Gasteiger partial charge in [0.2, 0.25) is 0 Å². The Balaban J connectivity index is 1.87. The van der Waals surface area contributed by atoms with Crippen molar-refractivity contribution < 1.29 is 4.79 Å². The predicted molar refractivity (Wildman–Crippen MR) is 66.3 cm³/mol. The first-order valence-corrected chi connectivity index (χ1v) is 5.77. The number of aromatic nitrogens is 4. The van der Waals surface area contributed by atoms with Crippen molar-refractivity contribution in [2.24, 2.45) is 7.05 Å². The van der Waals surface area contributed by atoms with Crippen LogP contribution in [-0.2, 0) is 13.5 Å². The molecule has 0 saturated carbocycles. The van der Waals surface area contributed by atoms with E-state index < -0.39 is 0 Å². The number of carbonyl (C=O) groups excluding carboxylic acids is 1. The number of aryl methyl sites for hydroxylation is 1. The Kier molecular flexibility index (Phi) is 3.88. The first kappa shape index (κ1) is 12.5. The van der Waals surface area contributed by atoms with Crippen LogP contribution < -0.4 is 5.32 Å². The number of carbonyl (C=O) groups is 1. The van der Waals surface area contributed by atoms with Crippen molar-refractivity contribution >= 4 is 17.5 Å². The molecule has 1 amide bonds. The summed E-state index contributed by atoms with van der Waals surface area (Å²) in [5.74, 6) is -0.285. The summed E-state index contributed by atoms with van der Waals surface area (Å²) < 4.78 is 1.77. The summed E-state index contributed by atoms with van der Waals surface area (Å²) in [5.41, 5.74) is 1.26. The second kappa shape index (κ2) is 5.59. The molecule has 0 spiro atoms. The molecule has 0 bridgehead atoms.